The Balaban J connectivity index is 1.77. The van der Waals surface area contributed by atoms with Gasteiger partial charge in [0.1, 0.15) is 0 Å². The normalized spacial score (nSPS) is 24.8. The Morgan fingerprint density at radius 2 is 2.00 bits per heavy atom. The first-order valence-corrected chi connectivity index (χ1v) is 8.82. The highest BCUT2D eigenvalue weighted by molar-refractivity contribution is 6.30. The van der Waals surface area contributed by atoms with E-state index in [0.717, 1.165) is 16.3 Å². The van der Waals surface area contributed by atoms with Crippen LogP contribution in [0.4, 0.5) is 5.69 Å². The largest absolute Gasteiger partial charge is 0.478 e. The third-order valence-corrected chi connectivity index (χ3v) is 5.81. The van der Waals surface area contributed by atoms with Crippen LogP contribution in [-0.4, -0.2) is 11.1 Å². The summed E-state index contributed by atoms with van der Waals surface area (Å²) in [6.45, 7) is 2.00. The molecule has 124 valence electrons. The van der Waals surface area contributed by atoms with Gasteiger partial charge >= 0.3 is 5.97 Å². The SMILES string of the molecule is Cc1cc(C(=O)O)ccc1[C@@H]1Nc2ccc(Cl)cc2[C@@H]2CCC[C@@H]21. The van der Waals surface area contributed by atoms with E-state index in [2.05, 4.69) is 17.4 Å². The number of benzene rings is 2. The highest BCUT2D eigenvalue weighted by Crippen LogP contribution is 2.53. The number of halogens is 1. The van der Waals surface area contributed by atoms with Crippen molar-refractivity contribution < 1.29 is 9.90 Å². The first-order valence-electron chi connectivity index (χ1n) is 8.44. The second kappa shape index (κ2) is 5.82. The second-order valence-electron chi connectivity index (χ2n) is 6.93. The van der Waals surface area contributed by atoms with E-state index in [1.54, 1.807) is 12.1 Å². The molecule has 4 rings (SSSR count). The third kappa shape index (κ3) is 2.48. The molecular formula is C20H20ClNO2. The Bertz CT molecular complexity index is 817. The van der Waals surface area contributed by atoms with Gasteiger partial charge < -0.3 is 10.4 Å². The monoisotopic (exact) mass is 341 g/mol. The maximum Gasteiger partial charge on any atom is 0.335 e. The van der Waals surface area contributed by atoms with Crippen molar-refractivity contribution in [3.63, 3.8) is 0 Å². The molecule has 3 atom stereocenters. The second-order valence-corrected chi connectivity index (χ2v) is 7.37. The van der Waals surface area contributed by atoms with Crippen LogP contribution in [0.3, 0.4) is 0 Å². The van der Waals surface area contributed by atoms with Crippen molar-refractivity contribution in [1.29, 1.82) is 0 Å². The van der Waals surface area contributed by atoms with E-state index in [9.17, 15) is 9.90 Å². The van der Waals surface area contributed by atoms with Crippen LogP contribution in [0.5, 0.6) is 0 Å². The van der Waals surface area contributed by atoms with Crippen LogP contribution in [0.2, 0.25) is 5.02 Å². The van der Waals surface area contributed by atoms with Crippen molar-refractivity contribution in [2.45, 2.75) is 38.1 Å². The Hall–Kier alpha value is -2.00. The minimum Gasteiger partial charge on any atom is -0.478 e. The fourth-order valence-corrected chi connectivity index (χ4v) is 4.67. The highest BCUT2D eigenvalue weighted by Gasteiger charge is 2.40. The lowest BCUT2D eigenvalue weighted by Crippen LogP contribution is -2.29. The molecule has 0 saturated heterocycles. The molecule has 3 nitrogen and oxygen atoms in total. The number of rotatable bonds is 2. The average Bonchev–Trinajstić information content (AvgIpc) is 3.04. The van der Waals surface area contributed by atoms with Crippen LogP contribution >= 0.6 is 11.6 Å². The van der Waals surface area contributed by atoms with Gasteiger partial charge in [-0.1, -0.05) is 24.1 Å². The molecular weight excluding hydrogens is 322 g/mol. The number of hydrogen-bond donors (Lipinski definition) is 2. The maximum absolute atomic E-state index is 11.2. The molecule has 0 amide bonds. The van der Waals surface area contributed by atoms with Crippen LogP contribution in [-0.2, 0) is 0 Å². The first-order chi connectivity index (χ1) is 11.5. The summed E-state index contributed by atoms with van der Waals surface area (Å²) in [7, 11) is 0. The summed E-state index contributed by atoms with van der Waals surface area (Å²) < 4.78 is 0. The molecule has 1 aliphatic carbocycles. The molecule has 0 spiro atoms. The minimum absolute atomic E-state index is 0.231. The number of fused-ring (bicyclic) bond motifs is 3. The number of hydrogen-bond acceptors (Lipinski definition) is 2. The van der Waals surface area contributed by atoms with Crippen LogP contribution in [0, 0.1) is 12.8 Å². The third-order valence-electron chi connectivity index (χ3n) is 5.57. The summed E-state index contributed by atoms with van der Waals surface area (Å²) in [5, 5.41) is 13.7. The Kier molecular flexibility index (Phi) is 3.76. The summed E-state index contributed by atoms with van der Waals surface area (Å²) in [4.78, 5) is 11.2. The summed E-state index contributed by atoms with van der Waals surface area (Å²) in [6.07, 6.45) is 3.61. The molecule has 2 aliphatic rings. The molecule has 0 unspecified atom stereocenters. The van der Waals surface area contributed by atoms with Crippen molar-refractivity contribution in [2.75, 3.05) is 5.32 Å². The van der Waals surface area contributed by atoms with E-state index < -0.39 is 5.97 Å². The van der Waals surface area contributed by atoms with E-state index in [1.807, 2.05) is 19.1 Å². The van der Waals surface area contributed by atoms with E-state index in [1.165, 1.54) is 30.4 Å². The smallest absolute Gasteiger partial charge is 0.335 e. The maximum atomic E-state index is 11.2. The number of carboxylic acids is 1. The number of carboxylic acid groups (broad SMARTS) is 1. The van der Waals surface area contributed by atoms with Crippen molar-refractivity contribution in [3.8, 4) is 0 Å². The lowest BCUT2D eigenvalue weighted by Gasteiger charge is -2.38. The van der Waals surface area contributed by atoms with Crippen LogP contribution < -0.4 is 5.32 Å². The van der Waals surface area contributed by atoms with E-state index >= 15 is 0 Å². The lowest BCUT2D eigenvalue weighted by atomic mass is 9.76. The zero-order valence-electron chi connectivity index (χ0n) is 13.6. The van der Waals surface area contributed by atoms with Gasteiger partial charge in [0.2, 0.25) is 0 Å². The molecule has 1 heterocycles. The number of carbonyl (C=O) groups is 1. The number of aromatic carboxylic acids is 1. The van der Waals surface area contributed by atoms with Crippen LogP contribution in [0.1, 0.15) is 58.3 Å². The molecule has 0 bridgehead atoms. The van der Waals surface area contributed by atoms with E-state index in [0.29, 0.717) is 17.4 Å². The van der Waals surface area contributed by atoms with Crippen molar-refractivity contribution in [1.82, 2.24) is 0 Å². The number of aryl methyl sites for hydroxylation is 1. The van der Waals surface area contributed by atoms with Gasteiger partial charge in [0, 0.05) is 10.7 Å². The Labute approximate surface area is 146 Å². The zero-order valence-corrected chi connectivity index (χ0v) is 14.3. The van der Waals surface area contributed by atoms with Gasteiger partial charge in [-0.05, 0) is 78.6 Å². The average molecular weight is 342 g/mol. The standard InChI is InChI=1S/C20H20ClNO2/c1-11-9-12(20(23)24)5-7-14(11)19-16-4-2-3-15(16)17-10-13(21)6-8-18(17)22-19/h5-10,15-16,19,22H,2-4H2,1H3,(H,23,24)/t15-,16+,19+/m1/s1. The molecule has 24 heavy (non-hydrogen) atoms. The van der Waals surface area contributed by atoms with Gasteiger partial charge in [-0.25, -0.2) is 4.79 Å². The minimum atomic E-state index is -0.875. The van der Waals surface area contributed by atoms with Crippen LogP contribution in [0.15, 0.2) is 36.4 Å². The van der Waals surface area contributed by atoms with Gasteiger partial charge in [0.15, 0.2) is 0 Å². The Morgan fingerprint density at radius 3 is 2.75 bits per heavy atom. The van der Waals surface area contributed by atoms with Gasteiger partial charge in [-0.2, -0.15) is 0 Å². The fourth-order valence-electron chi connectivity index (χ4n) is 4.49. The van der Waals surface area contributed by atoms with Gasteiger partial charge in [0.05, 0.1) is 11.6 Å². The Morgan fingerprint density at radius 1 is 1.17 bits per heavy atom. The predicted molar refractivity (Wildman–Crippen MR) is 96.0 cm³/mol. The molecule has 0 aromatic heterocycles. The van der Waals surface area contributed by atoms with Gasteiger partial charge in [-0.15, -0.1) is 0 Å². The zero-order chi connectivity index (χ0) is 16.8. The van der Waals surface area contributed by atoms with Gasteiger partial charge in [-0.3, -0.25) is 0 Å². The van der Waals surface area contributed by atoms with Crippen molar-refractivity contribution >= 4 is 23.3 Å². The van der Waals surface area contributed by atoms with Crippen molar-refractivity contribution in [2.24, 2.45) is 5.92 Å². The van der Waals surface area contributed by atoms with Gasteiger partial charge in [0.25, 0.3) is 0 Å². The molecule has 1 fully saturated rings. The van der Waals surface area contributed by atoms with Crippen LogP contribution in [0.25, 0.3) is 0 Å². The van der Waals surface area contributed by atoms with E-state index in [-0.39, 0.29) is 6.04 Å². The van der Waals surface area contributed by atoms with E-state index in [4.69, 9.17) is 11.6 Å². The summed E-state index contributed by atoms with van der Waals surface area (Å²) in [5.41, 5.74) is 5.09. The molecule has 1 aliphatic heterocycles. The summed E-state index contributed by atoms with van der Waals surface area (Å²) >= 11 is 6.21. The summed E-state index contributed by atoms with van der Waals surface area (Å²) in [6, 6.07) is 11.8. The molecule has 1 saturated carbocycles. The fraction of sp³-hybridized carbons (Fsp3) is 0.350. The first kappa shape index (κ1) is 15.5. The topological polar surface area (TPSA) is 49.3 Å². The molecule has 2 N–H and O–H groups in total. The molecule has 4 heteroatoms. The molecule has 2 aromatic carbocycles. The molecule has 0 radical (unpaired) electrons. The molecule has 2 aromatic rings. The van der Waals surface area contributed by atoms with Crippen molar-refractivity contribution in [3.05, 3.63) is 63.7 Å². The number of anilines is 1. The quantitative estimate of drug-likeness (QED) is 0.769. The predicted octanol–water partition coefficient (Wildman–Crippen LogP) is 5.40. The number of nitrogens with one attached hydrogen (secondary N) is 1. The highest BCUT2D eigenvalue weighted by atomic mass is 35.5. The lowest BCUT2D eigenvalue weighted by molar-refractivity contribution is 0.0696. The summed E-state index contributed by atoms with van der Waals surface area (Å²) in [5.74, 6) is 0.189.